The molecule has 9 aromatic rings. The quantitative estimate of drug-likeness (QED) is 0.204. The Hall–Kier alpha value is -6.13. The van der Waals surface area contributed by atoms with Crippen molar-refractivity contribution in [1.29, 1.82) is 0 Å². The minimum absolute atomic E-state index is 0.596. The molecule has 4 heteroatoms. The van der Waals surface area contributed by atoms with Gasteiger partial charge in [-0.25, -0.2) is 4.98 Å². The van der Waals surface area contributed by atoms with Crippen molar-refractivity contribution in [3.05, 3.63) is 158 Å². The van der Waals surface area contributed by atoms with Crippen molar-refractivity contribution in [2.75, 3.05) is 4.90 Å². The maximum atomic E-state index is 6.57. The van der Waals surface area contributed by atoms with Crippen LogP contribution in [0.4, 0.5) is 17.1 Å². The van der Waals surface area contributed by atoms with Crippen LogP contribution in [0.15, 0.2) is 167 Å². The highest BCUT2D eigenvalue weighted by Crippen LogP contribution is 2.44. The number of furan rings is 1. The van der Waals surface area contributed by atoms with Crippen molar-refractivity contribution in [2.24, 2.45) is 0 Å². The molecule has 0 unspecified atom stereocenters. The molecule has 0 saturated carbocycles. The first kappa shape index (κ1) is 25.4. The third-order valence-electron chi connectivity index (χ3n) is 8.48. The minimum atomic E-state index is 0.596. The molecule has 0 spiro atoms. The third-order valence-corrected chi connectivity index (χ3v) is 8.48. The zero-order valence-corrected chi connectivity index (χ0v) is 24.2. The molecule has 0 bridgehead atoms. The van der Waals surface area contributed by atoms with Crippen molar-refractivity contribution >= 4 is 60.9 Å². The van der Waals surface area contributed by atoms with E-state index in [2.05, 4.69) is 108 Å². The fraction of sp³-hybridized carbons (Fsp3) is 0. The molecule has 45 heavy (non-hydrogen) atoms. The highest BCUT2D eigenvalue weighted by atomic mass is 16.3. The number of nitrogens with zero attached hydrogens (tertiary/aromatic N) is 2. The summed E-state index contributed by atoms with van der Waals surface area (Å²) >= 11 is 0. The number of hydrogen-bond donors (Lipinski definition) is 0. The zero-order chi connectivity index (χ0) is 29.7. The van der Waals surface area contributed by atoms with Gasteiger partial charge in [0.25, 0.3) is 0 Å². The maximum Gasteiger partial charge on any atom is 0.227 e. The van der Waals surface area contributed by atoms with Gasteiger partial charge >= 0.3 is 0 Å². The van der Waals surface area contributed by atoms with Gasteiger partial charge in [-0.1, -0.05) is 103 Å². The number of benzene rings is 7. The Bertz CT molecular complexity index is 2480. The van der Waals surface area contributed by atoms with Crippen LogP contribution in [0, 0.1) is 0 Å². The van der Waals surface area contributed by atoms with E-state index in [4.69, 9.17) is 13.8 Å². The van der Waals surface area contributed by atoms with Crippen LogP contribution in [0.3, 0.4) is 0 Å². The Kier molecular flexibility index (Phi) is 5.78. The molecule has 0 saturated heterocycles. The van der Waals surface area contributed by atoms with Gasteiger partial charge in [0.15, 0.2) is 5.58 Å². The lowest BCUT2D eigenvalue weighted by atomic mass is 10.0. The smallest absolute Gasteiger partial charge is 0.227 e. The monoisotopic (exact) mass is 578 g/mol. The molecule has 2 aromatic heterocycles. The molecule has 0 aliphatic rings. The first-order valence-electron chi connectivity index (χ1n) is 15.0. The van der Waals surface area contributed by atoms with E-state index < -0.39 is 0 Å². The molecular formula is C41H26N2O2. The second-order valence-electron chi connectivity index (χ2n) is 11.2. The predicted molar refractivity (Wildman–Crippen MR) is 184 cm³/mol. The van der Waals surface area contributed by atoms with E-state index in [1.54, 1.807) is 0 Å². The topological polar surface area (TPSA) is 42.4 Å². The van der Waals surface area contributed by atoms with Crippen LogP contribution in [0.5, 0.6) is 0 Å². The third kappa shape index (κ3) is 4.27. The molecule has 7 aromatic carbocycles. The maximum absolute atomic E-state index is 6.57. The van der Waals surface area contributed by atoms with Crippen molar-refractivity contribution in [2.45, 2.75) is 0 Å². The molecule has 0 aliphatic heterocycles. The molecule has 212 valence electrons. The second-order valence-corrected chi connectivity index (χ2v) is 11.2. The van der Waals surface area contributed by atoms with Gasteiger partial charge in [0.1, 0.15) is 16.7 Å². The number of anilines is 3. The Morgan fingerprint density at radius 2 is 1.07 bits per heavy atom. The summed E-state index contributed by atoms with van der Waals surface area (Å²) in [5, 5.41) is 4.26. The van der Waals surface area contributed by atoms with Gasteiger partial charge in [-0.3, -0.25) is 0 Å². The largest absolute Gasteiger partial charge is 0.456 e. The molecule has 0 amide bonds. The van der Waals surface area contributed by atoms with E-state index in [1.165, 1.54) is 5.56 Å². The summed E-state index contributed by atoms with van der Waals surface area (Å²) in [5.41, 5.74) is 9.54. The van der Waals surface area contributed by atoms with Gasteiger partial charge in [0.05, 0.1) is 5.69 Å². The van der Waals surface area contributed by atoms with Gasteiger partial charge in [0.2, 0.25) is 5.89 Å². The van der Waals surface area contributed by atoms with Gasteiger partial charge < -0.3 is 13.7 Å². The van der Waals surface area contributed by atoms with E-state index >= 15 is 0 Å². The molecule has 0 N–H and O–H groups in total. The van der Waals surface area contributed by atoms with Crippen molar-refractivity contribution < 1.29 is 8.83 Å². The number of fused-ring (bicyclic) bond motifs is 6. The van der Waals surface area contributed by atoms with Crippen molar-refractivity contribution in [3.63, 3.8) is 0 Å². The summed E-state index contributed by atoms with van der Waals surface area (Å²) in [6.07, 6.45) is 0. The van der Waals surface area contributed by atoms with Crippen LogP contribution >= 0.6 is 0 Å². The summed E-state index contributed by atoms with van der Waals surface area (Å²) < 4.78 is 12.8. The standard InChI is InChI=1S/C41H26N2O2/c1-3-11-27(12-4-1)28-19-21-31(22-20-28)43(32-23-24-38-35(26-32)34-17-9-10-18-37(34)44-38)36-25-30-15-7-8-16-33(30)40-39(36)42-41(45-40)29-13-5-2-6-14-29/h1-26H. The lowest BCUT2D eigenvalue weighted by Crippen LogP contribution is -2.10. The zero-order valence-electron chi connectivity index (χ0n) is 24.2. The van der Waals surface area contributed by atoms with Crippen LogP contribution in [0.25, 0.3) is 66.4 Å². The Labute approximate surface area is 259 Å². The Morgan fingerprint density at radius 3 is 1.87 bits per heavy atom. The van der Waals surface area contributed by atoms with Crippen LogP contribution in [-0.4, -0.2) is 4.98 Å². The highest BCUT2D eigenvalue weighted by Gasteiger charge is 2.23. The molecular weight excluding hydrogens is 552 g/mol. The average molecular weight is 579 g/mol. The molecule has 0 atom stereocenters. The summed E-state index contributed by atoms with van der Waals surface area (Å²) in [6, 6.07) is 54.4. The molecule has 9 rings (SSSR count). The van der Waals surface area contributed by atoms with Crippen molar-refractivity contribution in [1.82, 2.24) is 4.98 Å². The first-order chi connectivity index (χ1) is 22.3. The van der Waals surface area contributed by atoms with Gasteiger partial charge in [-0.05, 0) is 71.1 Å². The molecule has 0 aliphatic carbocycles. The summed E-state index contributed by atoms with van der Waals surface area (Å²) in [5.74, 6) is 0.596. The van der Waals surface area contributed by atoms with E-state index in [1.807, 2.05) is 54.6 Å². The summed E-state index contributed by atoms with van der Waals surface area (Å²) in [7, 11) is 0. The average Bonchev–Trinajstić information content (AvgIpc) is 3.72. The van der Waals surface area contributed by atoms with Crippen LogP contribution in [0.1, 0.15) is 0 Å². The SMILES string of the molecule is c1ccc(-c2ccc(N(c3ccc4oc5ccccc5c4c3)c3cc4ccccc4c4oc(-c5ccccc5)nc34)cc2)cc1. The Balaban J connectivity index is 1.31. The van der Waals surface area contributed by atoms with E-state index in [-0.39, 0.29) is 0 Å². The fourth-order valence-electron chi connectivity index (χ4n) is 6.31. The van der Waals surface area contributed by atoms with Crippen molar-refractivity contribution in [3.8, 4) is 22.6 Å². The predicted octanol–water partition coefficient (Wildman–Crippen LogP) is 11.7. The van der Waals surface area contributed by atoms with Crippen LogP contribution in [-0.2, 0) is 0 Å². The van der Waals surface area contributed by atoms with Crippen LogP contribution < -0.4 is 4.90 Å². The number of aromatic nitrogens is 1. The van der Waals surface area contributed by atoms with Gasteiger partial charge in [0, 0.05) is 33.1 Å². The van der Waals surface area contributed by atoms with E-state index in [0.29, 0.717) is 5.89 Å². The van der Waals surface area contributed by atoms with Crippen LogP contribution in [0.2, 0.25) is 0 Å². The summed E-state index contributed by atoms with van der Waals surface area (Å²) in [4.78, 5) is 7.43. The first-order valence-corrected chi connectivity index (χ1v) is 15.0. The Morgan fingerprint density at radius 1 is 0.444 bits per heavy atom. The number of rotatable bonds is 5. The fourth-order valence-corrected chi connectivity index (χ4v) is 6.31. The number of para-hydroxylation sites is 1. The van der Waals surface area contributed by atoms with E-state index in [0.717, 1.165) is 72.0 Å². The number of hydrogen-bond acceptors (Lipinski definition) is 4. The normalized spacial score (nSPS) is 11.6. The molecule has 2 heterocycles. The molecule has 0 fully saturated rings. The highest BCUT2D eigenvalue weighted by molar-refractivity contribution is 6.12. The molecule has 0 radical (unpaired) electrons. The minimum Gasteiger partial charge on any atom is -0.456 e. The lowest BCUT2D eigenvalue weighted by Gasteiger charge is -2.26. The molecule has 4 nitrogen and oxygen atoms in total. The summed E-state index contributed by atoms with van der Waals surface area (Å²) in [6.45, 7) is 0. The lowest BCUT2D eigenvalue weighted by molar-refractivity contribution is 0.623. The van der Waals surface area contributed by atoms with E-state index in [9.17, 15) is 0 Å². The van der Waals surface area contributed by atoms with Gasteiger partial charge in [-0.2, -0.15) is 0 Å². The second kappa shape index (κ2) is 10.2. The number of oxazole rings is 1. The van der Waals surface area contributed by atoms with Gasteiger partial charge in [-0.15, -0.1) is 0 Å².